The third-order valence-corrected chi connectivity index (χ3v) is 4.19. The van der Waals surface area contributed by atoms with Gasteiger partial charge in [0, 0.05) is 7.11 Å². The summed E-state index contributed by atoms with van der Waals surface area (Å²) in [5.74, 6) is 0. The summed E-state index contributed by atoms with van der Waals surface area (Å²) in [7, 11) is 1.24. The Morgan fingerprint density at radius 1 is 0.708 bits per heavy atom. The van der Waals surface area contributed by atoms with Crippen LogP contribution >= 0.6 is 0 Å². The second kappa shape index (κ2) is 8.29. The minimum Gasteiger partial charge on any atom is -0.394 e. The van der Waals surface area contributed by atoms with Gasteiger partial charge in [-0.15, -0.1) is 0 Å². The van der Waals surface area contributed by atoms with Crippen LogP contribution in [0.5, 0.6) is 0 Å². The smallest absolute Gasteiger partial charge is 0.187 e. The van der Waals surface area contributed by atoms with Crippen molar-refractivity contribution in [3.05, 3.63) is 0 Å². The zero-order chi connectivity index (χ0) is 18.0. The molecule has 24 heavy (non-hydrogen) atoms. The van der Waals surface area contributed by atoms with E-state index in [1.165, 1.54) is 7.11 Å². The van der Waals surface area contributed by atoms with E-state index in [1.54, 1.807) is 0 Å². The Labute approximate surface area is 137 Å². The minimum atomic E-state index is -1.70. The summed E-state index contributed by atoms with van der Waals surface area (Å²) in [4.78, 5) is 0. The number of rotatable bonds is 5. The third-order valence-electron chi connectivity index (χ3n) is 4.19. The molecule has 0 aromatic carbocycles. The second-order valence-electron chi connectivity index (χ2n) is 5.74. The summed E-state index contributed by atoms with van der Waals surface area (Å²) in [6.45, 7) is -1.23. The van der Waals surface area contributed by atoms with E-state index in [0.29, 0.717) is 0 Å². The standard InChI is InChI=1S/C13H24O11/c1-21-12-10(20)11(7(17)5(3-15)22-12)24-13-9(19)8(18)6(16)4(2-14)23-13/h4-20H,2-3H2,1H3/t4-,5-,6-,7+,8+,9+,10+,11+,12?,13?/m1/s1. The van der Waals surface area contributed by atoms with Gasteiger partial charge in [-0.1, -0.05) is 0 Å². The van der Waals surface area contributed by atoms with Crippen molar-refractivity contribution in [1.82, 2.24) is 0 Å². The van der Waals surface area contributed by atoms with E-state index >= 15 is 0 Å². The zero-order valence-corrected chi connectivity index (χ0v) is 13.0. The predicted octanol–water partition coefficient (Wildman–Crippen LogP) is -4.74. The van der Waals surface area contributed by atoms with E-state index in [4.69, 9.17) is 24.1 Å². The van der Waals surface area contributed by atoms with Crippen molar-refractivity contribution in [3.8, 4) is 0 Å². The Hall–Kier alpha value is -0.440. The molecule has 0 aromatic rings. The summed E-state index contributed by atoms with van der Waals surface area (Å²) in [6.07, 6.45) is -14.4. The van der Waals surface area contributed by atoms with Crippen LogP contribution in [0.15, 0.2) is 0 Å². The molecule has 2 unspecified atom stereocenters. The number of ether oxygens (including phenoxy) is 4. The van der Waals surface area contributed by atoms with E-state index < -0.39 is 74.6 Å². The first-order chi connectivity index (χ1) is 11.3. The first-order valence-corrected chi connectivity index (χ1v) is 7.46. The molecule has 0 spiro atoms. The summed E-state index contributed by atoms with van der Waals surface area (Å²) in [5, 5.41) is 68.1. The second-order valence-corrected chi connectivity index (χ2v) is 5.74. The van der Waals surface area contributed by atoms with Gasteiger partial charge in [-0.2, -0.15) is 0 Å². The highest BCUT2D eigenvalue weighted by Gasteiger charge is 2.50. The van der Waals surface area contributed by atoms with E-state index in [9.17, 15) is 30.6 Å². The topological polar surface area (TPSA) is 179 Å². The SMILES string of the molecule is COC1O[C@H](CO)[C@H](O)[C@H](OC2O[C@H](CO)[C@@H](O)[C@H](O)[C@@H]2O)[C@@H]1O. The lowest BCUT2D eigenvalue weighted by atomic mass is 9.97. The molecule has 0 aromatic heterocycles. The average Bonchev–Trinajstić information content (AvgIpc) is 2.58. The maximum atomic E-state index is 10.2. The Balaban J connectivity index is 2.14. The van der Waals surface area contributed by atoms with Gasteiger partial charge in [0.2, 0.25) is 0 Å². The van der Waals surface area contributed by atoms with Crippen LogP contribution in [0.4, 0.5) is 0 Å². The van der Waals surface area contributed by atoms with Crippen molar-refractivity contribution in [2.24, 2.45) is 0 Å². The van der Waals surface area contributed by atoms with Gasteiger partial charge in [0.1, 0.15) is 48.8 Å². The molecule has 142 valence electrons. The molecule has 0 bridgehead atoms. The highest BCUT2D eigenvalue weighted by Crippen LogP contribution is 2.29. The van der Waals surface area contributed by atoms with Crippen molar-refractivity contribution in [2.75, 3.05) is 20.3 Å². The lowest BCUT2D eigenvalue weighted by molar-refractivity contribution is -0.358. The molecule has 0 radical (unpaired) electrons. The highest BCUT2D eigenvalue weighted by atomic mass is 16.7. The molecule has 2 heterocycles. The number of hydrogen-bond donors (Lipinski definition) is 7. The van der Waals surface area contributed by atoms with E-state index in [2.05, 4.69) is 0 Å². The molecular formula is C13H24O11. The van der Waals surface area contributed by atoms with Crippen molar-refractivity contribution < 1.29 is 54.7 Å². The van der Waals surface area contributed by atoms with Crippen molar-refractivity contribution in [2.45, 2.75) is 61.4 Å². The fourth-order valence-corrected chi connectivity index (χ4v) is 2.74. The van der Waals surface area contributed by atoms with Crippen molar-refractivity contribution in [1.29, 1.82) is 0 Å². The van der Waals surface area contributed by atoms with Gasteiger partial charge in [0.25, 0.3) is 0 Å². The van der Waals surface area contributed by atoms with Crippen molar-refractivity contribution >= 4 is 0 Å². The fraction of sp³-hybridized carbons (Fsp3) is 1.00. The van der Waals surface area contributed by atoms with Crippen LogP contribution in [-0.4, -0.2) is 117 Å². The Kier molecular flexibility index (Phi) is 6.87. The van der Waals surface area contributed by atoms with Gasteiger partial charge in [0.05, 0.1) is 13.2 Å². The van der Waals surface area contributed by atoms with Gasteiger partial charge in [0.15, 0.2) is 12.6 Å². The number of hydrogen-bond acceptors (Lipinski definition) is 11. The number of aliphatic hydroxyl groups excluding tert-OH is 7. The van der Waals surface area contributed by atoms with Gasteiger partial charge in [-0.25, -0.2) is 0 Å². The minimum absolute atomic E-state index is 0.581. The molecule has 11 nitrogen and oxygen atoms in total. The normalized spacial score (nSPS) is 50.0. The van der Waals surface area contributed by atoms with Crippen LogP contribution in [0.2, 0.25) is 0 Å². The van der Waals surface area contributed by atoms with Crippen LogP contribution in [0.25, 0.3) is 0 Å². The molecule has 2 aliphatic rings. The number of methoxy groups -OCH3 is 1. The predicted molar refractivity (Wildman–Crippen MR) is 73.4 cm³/mol. The van der Waals surface area contributed by atoms with Crippen LogP contribution < -0.4 is 0 Å². The van der Waals surface area contributed by atoms with Gasteiger partial charge < -0.3 is 54.7 Å². The molecule has 0 amide bonds. The molecule has 11 heteroatoms. The maximum absolute atomic E-state index is 10.2. The monoisotopic (exact) mass is 356 g/mol. The summed E-state index contributed by atoms with van der Waals surface area (Å²) in [6, 6.07) is 0. The van der Waals surface area contributed by atoms with Crippen LogP contribution in [0.1, 0.15) is 0 Å². The fourth-order valence-electron chi connectivity index (χ4n) is 2.74. The van der Waals surface area contributed by atoms with Gasteiger partial charge in [-0.3, -0.25) is 0 Å². The lowest BCUT2D eigenvalue weighted by Gasteiger charge is -2.45. The first kappa shape index (κ1) is 19.9. The Bertz CT molecular complexity index is 378. The molecule has 2 aliphatic heterocycles. The molecule has 2 rings (SSSR count). The molecule has 0 saturated carbocycles. The molecule has 2 fully saturated rings. The van der Waals surface area contributed by atoms with E-state index in [1.807, 2.05) is 0 Å². The van der Waals surface area contributed by atoms with Crippen LogP contribution in [0.3, 0.4) is 0 Å². The summed E-state index contributed by atoms with van der Waals surface area (Å²) < 4.78 is 20.6. The molecule has 10 atom stereocenters. The van der Waals surface area contributed by atoms with Crippen LogP contribution in [-0.2, 0) is 18.9 Å². The van der Waals surface area contributed by atoms with Gasteiger partial charge in [-0.05, 0) is 0 Å². The Morgan fingerprint density at radius 2 is 1.25 bits per heavy atom. The van der Waals surface area contributed by atoms with Crippen LogP contribution in [0, 0.1) is 0 Å². The van der Waals surface area contributed by atoms with Gasteiger partial charge >= 0.3 is 0 Å². The lowest BCUT2D eigenvalue weighted by Crippen LogP contribution is -2.64. The largest absolute Gasteiger partial charge is 0.394 e. The summed E-state index contributed by atoms with van der Waals surface area (Å²) in [5.41, 5.74) is 0. The maximum Gasteiger partial charge on any atom is 0.187 e. The highest BCUT2D eigenvalue weighted by molar-refractivity contribution is 4.93. The average molecular weight is 356 g/mol. The summed E-state index contributed by atoms with van der Waals surface area (Å²) >= 11 is 0. The first-order valence-electron chi connectivity index (χ1n) is 7.46. The quantitative estimate of drug-likeness (QED) is 0.251. The zero-order valence-electron chi connectivity index (χ0n) is 13.0. The molecule has 2 saturated heterocycles. The Morgan fingerprint density at radius 3 is 1.79 bits per heavy atom. The molecule has 7 N–H and O–H groups in total. The van der Waals surface area contributed by atoms with E-state index in [0.717, 1.165) is 0 Å². The number of aliphatic hydroxyl groups is 7. The molecule has 0 aliphatic carbocycles. The molecular weight excluding hydrogens is 332 g/mol. The third kappa shape index (κ3) is 3.71. The van der Waals surface area contributed by atoms with Crippen molar-refractivity contribution in [3.63, 3.8) is 0 Å². The van der Waals surface area contributed by atoms with E-state index in [-0.39, 0.29) is 0 Å².